The van der Waals surface area contributed by atoms with Gasteiger partial charge < -0.3 is 10.0 Å². The normalized spacial score (nSPS) is 30.3. The predicted octanol–water partition coefficient (Wildman–Crippen LogP) is 1.49. The lowest BCUT2D eigenvalue weighted by molar-refractivity contribution is -0.140. The van der Waals surface area contributed by atoms with E-state index in [9.17, 15) is 4.79 Å². The Bertz CT molecular complexity index is 363. The standard InChI is InChI=1S/C11H16N2O2/c1-6-7(2)12-8(3)13-5-4-9(10(6)13)11(14)15/h7,9H,4-5H2,1-3H3,(H,14,15). The Balaban J connectivity index is 2.43. The monoisotopic (exact) mass is 208 g/mol. The summed E-state index contributed by atoms with van der Waals surface area (Å²) in [6.45, 7) is 6.74. The first kappa shape index (κ1) is 10.2. The number of rotatable bonds is 1. The lowest BCUT2D eigenvalue weighted by atomic mass is 9.97. The van der Waals surface area contributed by atoms with Crippen molar-refractivity contribution in [2.75, 3.05) is 6.54 Å². The van der Waals surface area contributed by atoms with Gasteiger partial charge in [-0.15, -0.1) is 0 Å². The number of carboxylic acids is 1. The second-order valence-electron chi connectivity index (χ2n) is 4.25. The molecule has 1 fully saturated rings. The number of aliphatic carboxylic acids is 1. The lowest BCUT2D eigenvalue weighted by Gasteiger charge is -2.30. The summed E-state index contributed by atoms with van der Waals surface area (Å²) in [6.07, 6.45) is 0.696. The molecule has 0 spiro atoms. The third-order valence-electron chi connectivity index (χ3n) is 3.36. The molecule has 0 aromatic carbocycles. The first-order valence-corrected chi connectivity index (χ1v) is 5.27. The summed E-state index contributed by atoms with van der Waals surface area (Å²) in [5, 5.41) is 9.14. The summed E-state index contributed by atoms with van der Waals surface area (Å²) in [7, 11) is 0. The van der Waals surface area contributed by atoms with Crippen LogP contribution in [0.1, 0.15) is 27.2 Å². The highest BCUT2D eigenvalue weighted by molar-refractivity contribution is 5.86. The number of aliphatic imine (C=N–C) groups is 1. The summed E-state index contributed by atoms with van der Waals surface area (Å²) in [5.74, 6) is -0.0986. The molecule has 15 heavy (non-hydrogen) atoms. The molecule has 0 saturated carbocycles. The summed E-state index contributed by atoms with van der Waals surface area (Å²) >= 11 is 0. The van der Waals surface area contributed by atoms with Crippen LogP contribution in [0.25, 0.3) is 0 Å². The first-order chi connectivity index (χ1) is 7.02. The minimum atomic E-state index is -0.714. The Morgan fingerprint density at radius 2 is 2.20 bits per heavy atom. The minimum absolute atomic E-state index is 0.121. The van der Waals surface area contributed by atoms with Crippen LogP contribution in [0.15, 0.2) is 16.3 Å². The van der Waals surface area contributed by atoms with Gasteiger partial charge in [0.05, 0.1) is 12.0 Å². The van der Waals surface area contributed by atoms with E-state index in [1.54, 1.807) is 0 Å². The van der Waals surface area contributed by atoms with E-state index >= 15 is 0 Å². The molecule has 2 unspecified atom stereocenters. The van der Waals surface area contributed by atoms with Crippen molar-refractivity contribution in [2.45, 2.75) is 33.2 Å². The van der Waals surface area contributed by atoms with Gasteiger partial charge in [0.1, 0.15) is 5.84 Å². The van der Waals surface area contributed by atoms with Crippen LogP contribution < -0.4 is 0 Å². The van der Waals surface area contributed by atoms with E-state index in [0.717, 1.165) is 23.7 Å². The van der Waals surface area contributed by atoms with Gasteiger partial charge in [0, 0.05) is 12.2 Å². The molecule has 2 heterocycles. The van der Waals surface area contributed by atoms with Crippen molar-refractivity contribution in [2.24, 2.45) is 10.9 Å². The minimum Gasteiger partial charge on any atom is -0.481 e. The molecule has 2 atom stereocenters. The number of hydrogen-bond donors (Lipinski definition) is 1. The molecular weight excluding hydrogens is 192 g/mol. The molecule has 1 saturated heterocycles. The Morgan fingerprint density at radius 1 is 1.53 bits per heavy atom. The molecule has 0 aromatic rings. The van der Waals surface area contributed by atoms with Gasteiger partial charge in [-0.25, -0.2) is 0 Å². The van der Waals surface area contributed by atoms with E-state index in [1.807, 2.05) is 25.7 Å². The first-order valence-electron chi connectivity index (χ1n) is 5.27. The van der Waals surface area contributed by atoms with Crippen LogP contribution in [-0.2, 0) is 4.79 Å². The van der Waals surface area contributed by atoms with Crippen LogP contribution in [0.2, 0.25) is 0 Å². The molecule has 82 valence electrons. The van der Waals surface area contributed by atoms with Gasteiger partial charge in [0.2, 0.25) is 0 Å². The third kappa shape index (κ3) is 1.44. The zero-order valence-electron chi connectivity index (χ0n) is 9.32. The lowest BCUT2D eigenvalue weighted by Crippen LogP contribution is -2.33. The quantitative estimate of drug-likeness (QED) is 0.710. The number of carboxylic acid groups (broad SMARTS) is 1. The molecular formula is C11H16N2O2. The predicted molar refractivity (Wildman–Crippen MR) is 57.7 cm³/mol. The summed E-state index contributed by atoms with van der Waals surface area (Å²) in [6, 6.07) is 0.121. The Kier molecular flexibility index (Phi) is 2.29. The fourth-order valence-electron chi connectivity index (χ4n) is 2.43. The van der Waals surface area contributed by atoms with E-state index in [2.05, 4.69) is 4.99 Å². The zero-order valence-corrected chi connectivity index (χ0v) is 9.32. The van der Waals surface area contributed by atoms with Crippen molar-refractivity contribution >= 4 is 11.8 Å². The number of nitrogens with zero attached hydrogens (tertiary/aromatic N) is 2. The van der Waals surface area contributed by atoms with E-state index in [-0.39, 0.29) is 12.0 Å². The number of fused-ring (bicyclic) bond motifs is 1. The largest absolute Gasteiger partial charge is 0.481 e. The van der Waals surface area contributed by atoms with Gasteiger partial charge in [-0.3, -0.25) is 9.79 Å². The second-order valence-corrected chi connectivity index (χ2v) is 4.25. The molecule has 0 bridgehead atoms. The molecule has 4 nitrogen and oxygen atoms in total. The van der Waals surface area contributed by atoms with Crippen molar-refractivity contribution < 1.29 is 9.90 Å². The zero-order chi connectivity index (χ0) is 11.2. The molecule has 2 aliphatic heterocycles. The van der Waals surface area contributed by atoms with Crippen LogP contribution in [0, 0.1) is 5.92 Å². The smallest absolute Gasteiger partial charge is 0.312 e. The van der Waals surface area contributed by atoms with E-state index in [1.165, 1.54) is 0 Å². The number of hydrogen-bond acceptors (Lipinski definition) is 3. The molecule has 2 aliphatic rings. The molecule has 2 rings (SSSR count). The maximum Gasteiger partial charge on any atom is 0.312 e. The van der Waals surface area contributed by atoms with Crippen LogP contribution in [-0.4, -0.2) is 34.4 Å². The average Bonchev–Trinajstić information content (AvgIpc) is 2.58. The van der Waals surface area contributed by atoms with Crippen LogP contribution >= 0.6 is 0 Å². The maximum atomic E-state index is 11.1. The van der Waals surface area contributed by atoms with Crippen molar-refractivity contribution in [3.8, 4) is 0 Å². The average molecular weight is 208 g/mol. The second kappa shape index (κ2) is 3.36. The van der Waals surface area contributed by atoms with Gasteiger partial charge in [0.15, 0.2) is 0 Å². The van der Waals surface area contributed by atoms with Crippen molar-refractivity contribution in [3.63, 3.8) is 0 Å². The summed E-state index contributed by atoms with van der Waals surface area (Å²) in [5.41, 5.74) is 2.08. The van der Waals surface area contributed by atoms with Crippen molar-refractivity contribution in [3.05, 3.63) is 11.3 Å². The van der Waals surface area contributed by atoms with Crippen molar-refractivity contribution in [1.82, 2.24) is 4.90 Å². The van der Waals surface area contributed by atoms with Gasteiger partial charge in [-0.1, -0.05) is 0 Å². The summed E-state index contributed by atoms with van der Waals surface area (Å²) < 4.78 is 0. The van der Waals surface area contributed by atoms with Gasteiger partial charge in [-0.2, -0.15) is 0 Å². The maximum absolute atomic E-state index is 11.1. The van der Waals surface area contributed by atoms with Crippen LogP contribution in [0.3, 0.4) is 0 Å². The topological polar surface area (TPSA) is 52.9 Å². The van der Waals surface area contributed by atoms with E-state index in [4.69, 9.17) is 5.11 Å². The van der Waals surface area contributed by atoms with Crippen molar-refractivity contribution in [1.29, 1.82) is 0 Å². The molecule has 1 N–H and O–H groups in total. The molecule has 0 aromatic heterocycles. The highest BCUT2D eigenvalue weighted by Gasteiger charge is 2.38. The van der Waals surface area contributed by atoms with Gasteiger partial charge >= 0.3 is 5.97 Å². The summed E-state index contributed by atoms with van der Waals surface area (Å²) in [4.78, 5) is 17.7. The van der Waals surface area contributed by atoms with Crippen LogP contribution in [0.4, 0.5) is 0 Å². The SMILES string of the molecule is CC1=NC(C)C(C)=C2C(C(=O)O)CCN12. The number of amidine groups is 1. The fourth-order valence-corrected chi connectivity index (χ4v) is 2.43. The highest BCUT2D eigenvalue weighted by Crippen LogP contribution is 2.35. The van der Waals surface area contributed by atoms with Gasteiger partial charge in [-0.05, 0) is 32.8 Å². The van der Waals surface area contributed by atoms with E-state index in [0.29, 0.717) is 6.42 Å². The molecule has 0 amide bonds. The van der Waals surface area contributed by atoms with E-state index < -0.39 is 5.97 Å². The Morgan fingerprint density at radius 3 is 2.80 bits per heavy atom. The number of carbonyl (C=O) groups is 1. The Hall–Kier alpha value is -1.32. The third-order valence-corrected chi connectivity index (χ3v) is 3.36. The fraction of sp³-hybridized carbons (Fsp3) is 0.636. The van der Waals surface area contributed by atoms with Crippen LogP contribution in [0.5, 0.6) is 0 Å². The highest BCUT2D eigenvalue weighted by atomic mass is 16.4. The Labute approximate surface area is 89.3 Å². The molecule has 4 heteroatoms. The van der Waals surface area contributed by atoms with Gasteiger partial charge in [0.25, 0.3) is 0 Å². The molecule has 0 aliphatic carbocycles. The molecule has 0 radical (unpaired) electrons.